The Morgan fingerprint density at radius 2 is 2.14 bits per heavy atom. The van der Waals surface area contributed by atoms with E-state index in [0.717, 1.165) is 37.7 Å². The number of hydrogen-bond acceptors (Lipinski definition) is 5. The molecule has 0 bridgehead atoms. The fourth-order valence-electron chi connectivity index (χ4n) is 3.43. The third-order valence-electron chi connectivity index (χ3n) is 5.02. The van der Waals surface area contributed by atoms with Crippen LogP contribution in [0.5, 0.6) is 0 Å². The first-order chi connectivity index (χ1) is 13.8. The van der Waals surface area contributed by atoms with Crippen molar-refractivity contribution in [2.45, 2.75) is 44.6 Å². The number of nitrogens with zero attached hydrogens (tertiary/aromatic N) is 3. The lowest BCUT2D eigenvalue weighted by molar-refractivity contribution is -0.192. The summed E-state index contributed by atoms with van der Waals surface area (Å²) in [5.41, 5.74) is 2.74. The SMILES string of the molecule is COCC1c2c(cnn2CC2CC2)CCN1Cc1ccco1.O=C(O)C(F)(F)F. The van der Waals surface area contributed by atoms with Crippen molar-refractivity contribution in [3.05, 3.63) is 41.6 Å². The average molecular weight is 415 g/mol. The van der Waals surface area contributed by atoms with Gasteiger partial charge < -0.3 is 14.3 Å². The van der Waals surface area contributed by atoms with Crippen LogP contribution in [0.4, 0.5) is 13.2 Å². The summed E-state index contributed by atoms with van der Waals surface area (Å²) in [6, 6.07) is 4.26. The molecule has 1 aliphatic heterocycles. The maximum atomic E-state index is 10.6. The fourth-order valence-corrected chi connectivity index (χ4v) is 3.43. The van der Waals surface area contributed by atoms with E-state index in [4.69, 9.17) is 19.1 Å². The number of aromatic nitrogens is 2. The van der Waals surface area contributed by atoms with Crippen molar-refractivity contribution in [3.63, 3.8) is 0 Å². The highest BCUT2D eigenvalue weighted by Gasteiger charge is 2.38. The maximum absolute atomic E-state index is 10.6. The van der Waals surface area contributed by atoms with E-state index in [2.05, 4.69) is 20.9 Å². The fraction of sp³-hybridized carbons (Fsp3) is 0.579. The number of rotatable bonds is 6. The number of furan rings is 1. The average Bonchev–Trinajstić information content (AvgIpc) is 3.15. The van der Waals surface area contributed by atoms with E-state index >= 15 is 0 Å². The number of carboxylic acids is 1. The first-order valence-electron chi connectivity index (χ1n) is 9.39. The van der Waals surface area contributed by atoms with Crippen LogP contribution in [-0.2, 0) is 29.0 Å². The highest BCUT2D eigenvalue weighted by atomic mass is 19.4. The zero-order chi connectivity index (χ0) is 21.0. The normalized spacial score (nSPS) is 19.4. The molecule has 0 saturated heterocycles. The largest absolute Gasteiger partial charge is 0.490 e. The van der Waals surface area contributed by atoms with Gasteiger partial charge in [0.15, 0.2) is 0 Å². The van der Waals surface area contributed by atoms with Gasteiger partial charge in [-0.2, -0.15) is 18.3 Å². The summed E-state index contributed by atoms with van der Waals surface area (Å²) in [7, 11) is 1.78. The van der Waals surface area contributed by atoms with Crippen molar-refractivity contribution in [3.8, 4) is 0 Å². The molecule has 0 aromatic carbocycles. The molecule has 4 rings (SSSR count). The molecule has 1 unspecified atom stereocenters. The Balaban J connectivity index is 0.000000298. The van der Waals surface area contributed by atoms with Gasteiger partial charge in [-0.15, -0.1) is 0 Å². The van der Waals surface area contributed by atoms with Crippen molar-refractivity contribution in [1.82, 2.24) is 14.7 Å². The smallest absolute Gasteiger partial charge is 0.475 e. The molecule has 1 saturated carbocycles. The minimum atomic E-state index is -5.08. The third kappa shape index (κ3) is 5.60. The second kappa shape index (κ2) is 9.00. The highest BCUT2D eigenvalue weighted by molar-refractivity contribution is 5.73. The predicted octanol–water partition coefficient (Wildman–Crippen LogP) is 3.27. The quantitative estimate of drug-likeness (QED) is 0.780. The van der Waals surface area contributed by atoms with Gasteiger partial charge in [-0.05, 0) is 42.9 Å². The van der Waals surface area contributed by atoms with Gasteiger partial charge in [0, 0.05) is 20.2 Å². The molecule has 0 radical (unpaired) electrons. The Hall–Kier alpha value is -2.33. The molecule has 1 aliphatic carbocycles. The number of ether oxygens (including phenoxy) is 1. The molecular formula is C19H24F3N3O4. The Morgan fingerprint density at radius 3 is 2.69 bits per heavy atom. The number of halogens is 3. The van der Waals surface area contributed by atoms with Crippen LogP contribution in [0.25, 0.3) is 0 Å². The molecule has 2 aromatic rings. The van der Waals surface area contributed by atoms with Crippen molar-refractivity contribution >= 4 is 5.97 Å². The summed E-state index contributed by atoms with van der Waals surface area (Å²) in [6.45, 7) is 3.61. The van der Waals surface area contributed by atoms with E-state index < -0.39 is 12.1 Å². The first-order valence-corrected chi connectivity index (χ1v) is 9.39. The molecule has 3 heterocycles. The molecule has 2 aliphatic rings. The molecule has 10 heteroatoms. The monoisotopic (exact) mass is 415 g/mol. The maximum Gasteiger partial charge on any atom is 0.490 e. The van der Waals surface area contributed by atoms with Crippen molar-refractivity contribution < 1.29 is 32.2 Å². The minimum Gasteiger partial charge on any atom is -0.475 e. The van der Waals surface area contributed by atoms with Crippen molar-refractivity contribution in [2.24, 2.45) is 5.92 Å². The van der Waals surface area contributed by atoms with Crippen molar-refractivity contribution in [2.75, 3.05) is 20.3 Å². The van der Waals surface area contributed by atoms with E-state index in [1.54, 1.807) is 13.4 Å². The Labute approximate surface area is 166 Å². The van der Waals surface area contributed by atoms with E-state index in [1.807, 2.05) is 12.1 Å². The summed E-state index contributed by atoms with van der Waals surface area (Å²) >= 11 is 0. The molecule has 0 spiro atoms. The Morgan fingerprint density at radius 1 is 1.41 bits per heavy atom. The molecule has 160 valence electrons. The molecule has 29 heavy (non-hydrogen) atoms. The van der Waals surface area contributed by atoms with E-state index in [0.29, 0.717) is 6.61 Å². The number of methoxy groups -OCH3 is 1. The summed E-state index contributed by atoms with van der Waals surface area (Å²) in [6.07, 6.45) is 2.47. The zero-order valence-corrected chi connectivity index (χ0v) is 16.1. The van der Waals surface area contributed by atoms with Crippen LogP contribution >= 0.6 is 0 Å². The Bertz CT molecular complexity index is 800. The van der Waals surface area contributed by atoms with Crippen LogP contribution in [0, 0.1) is 5.92 Å². The number of aliphatic carboxylic acids is 1. The number of alkyl halides is 3. The number of carbonyl (C=O) groups is 1. The zero-order valence-electron chi connectivity index (χ0n) is 16.1. The molecule has 1 atom stereocenters. The molecule has 0 amide bonds. The molecule has 1 fully saturated rings. The van der Waals surface area contributed by atoms with Crippen LogP contribution in [0.15, 0.2) is 29.0 Å². The molecule has 1 N–H and O–H groups in total. The van der Waals surface area contributed by atoms with Crippen LogP contribution < -0.4 is 0 Å². The summed E-state index contributed by atoms with van der Waals surface area (Å²) in [5.74, 6) is -0.919. The predicted molar refractivity (Wildman–Crippen MR) is 96.1 cm³/mol. The van der Waals surface area contributed by atoms with Crippen molar-refractivity contribution in [1.29, 1.82) is 0 Å². The van der Waals surface area contributed by atoms with E-state index in [-0.39, 0.29) is 6.04 Å². The highest BCUT2D eigenvalue weighted by Crippen LogP contribution is 2.35. The standard InChI is InChI=1S/C17H23N3O2.C2HF3O2/c1-21-12-16-17-14(9-18-20(17)10-13-4-5-13)6-7-19(16)11-15-3-2-8-22-15;3-2(4,5)1(6)7/h2-3,8-9,13,16H,4-7,10-12H2,1H3;(H,6,7). The minimum absolute atomic E-state index is 0.264. The van der Waals surface area contributed by atoms with Gasteiger partial charge in [0.1, 0.15) is 5.76 Å². The first kappa shape index (κ1) is 21.4. The van der Waals surface area contributed by atoms with E-state index in [9.17, 15) is 13.2 Å². The number of fused-ring (bicyclic) bond motifs is 1. The molecule has 2 aromatic heterocycles. The van der Waals surface area contributed by atoms with Gasteiger partial charge in [0.2, 0.25) is 0 Å². The third-order valence-corrected chi connectivity index (χ3v) is 5.02. The number of hydrogen-bond donors (Lipinski definition) is 1. The lowest BCUT2D eigenvalue weighted by Gasteiger charge is -2.35. The van der Waals surface area contributed by atoms with Crippen LogP contribution in [0.2, 0.25) is 0 Å². The lowest BCUT2D eigenvalue weighted by atomic mass is 10.00. The van der Waals surface area contributed by atoms with Gasteiger partial charge in [0.25, 0.3) is 0 Å². The van der Waals surface area contributed by atoms with E-state index in [1.165, 1.54) is 24.1 Å². The van der Waals surface area contributed by atoms with Gasteiger partial charge in [-0.25, -0.2) is 4.79 Å². The lowest BCUT2D eigenvalue weighted by Crippen LogP contribution is -2.38. The van der Waals surface area contributed by atoms with Crippen LogP contribution in [0.1, 0.15) is 35.9 Å². The second-order valence-corrected chi connectivity index (χ2v) is 7.25. The Kier molecular flexibility index (Phi) is 6.63. The summed E-state index contributed by atoms with van der Waals surface area (Å²) in [5, 5.41) is 11.8. The number of carboxylic acid groups (broad SMARTS) is 1. The second-order valence-electron chi connectivity index (χ2n) is 7.25. The summed E-state index contributed by atoms with van der Waals surface area (Å²) < 4.78 is 45.0. The topological polar surface area (TPSA) is 80.7 Å². The van der Waals surface area contributed by atoms with Crippen LogP contribution in [0.3, 0.4) is 0 Å². The summed E-state index contributed by atoms with van der Waals surface area (Å²) in [4.78, 5) is 11.3. The van der Waals surface area contributed by atoms with Gasteiger partial charge >= 0.3 is 12.1 Å². The van der Waals surface area contributed by atoms with Crippen LogP contribution in [-0.4, -0.2) is 52.2 Å². The van der Waals surface area contributed by atoms with Gasteiger partial charge in [-0.1, -0.05) is 0 Å². The van der Waals surface area contributed by atoms with Gasteiger partial charge in [0.05, 0.1) is 37.3 Å². The molecular weight excluding hydrogens is 391 g/mol. The molecule has 7 nitrogen and oxygen atoms in total. The van der Waals surface area contributed by atoms with Gasteiger partial charge in [-0.3, -0.25) is 9.58 Å².